The van der Waals surface area contributed by atoms with Crippen LogP contribution in [-0.4, -0.2) is 59.1 Å². The van der Waals surface area contributed by atoms with Crippen LogP contribution in [0.25, 0.3) is 11.0 Å². The topological polar surface area (TPSA) is 59.8 Å². The SMILES string of the molecule is COc1ccc(C(=O)N(CCC(C)C)Cc2nc3ccccc3n2Cc2ccccc2CN2CCC(C)CC2)c(Cl)c1OC. The minimum Gasteiger partial charge on any atom is -0.493 e. The number of rotatable bonds is 12. The maximum atomic E-state index is 14.1. The lowest BCUT2D eigenvalue weighted by Crippen LogP contribution is -2.34. The molecule has 3 aromatic carbocycles. The third kappa shape index (κ3) is 7.22. The second-order valence-electron chi connectivity index (χ2n) is 12.4. The summed E-state index contributed by atoms with van der Waals surface area (Å²) in [6, 6.07) is 20.4. The van der Waals surface area contributed by atoms with Gasteiger partial charge in [0.15, 0.2) is 11.5 Å². The molecule has 0 aliphatic carbocycles. The highest BCUT2D eigenvalue weighted by Crippen LogP contribution is 2.38. The number of methoxy groups -OCH3 is 2. The van der Waals surface area contributed by atoms with E-state index in [4.69, 9.17) is 26.1 Å². The fourth-order valence-electron chi connectivity index (χ4n) is 5.98. The van der Waals surface area contributed by atoms with Gasteiger partial charge in [0, 0.05) is 19.6 Å². The highest BCUT2D eigenvalue weighted by Gasteiger charge is 2.25. The van der Waals surface area contributed by atoms with Crippen molar-refractivity contribution in [2.45, 2.75) is 59.7 Å². The van der Waals surface area contributed by atoms with Gasteiger partial charge in [-0.15, -0.1) is 0 Å². The number of para-hydroxylation sites is 2. The van der Waals surface area contributed by atoms with Crippen molar-refractivity contribution in [1.29, 1.82) is 0 Å². The Kier molecular flexibility index (Phi) is 10.5. The smallest absolute Gasteiger partial charge is 0.255 e. The number of ether oxygens (including phenoxy) is 2. The van der Waals surface area contributed by atoms with E-state index in [9.17, 15) is 4.79 Å². The van der Waals surface area contributed by atoms with Crippen LogP contribution in [0.2, 0.25) is 5.02 Å². The van der Waals surface area contributed by atoms with Crippen LogP contribution < -0.4 is 9.47 Å². The Morgan fingerprint density at radius 2 is 1.66 bits per heavy atom. The lowest BCUT2D eigenvalue weighted by atomic mass is 9.98. The van der Waals surface area contributed by atoms with Gasteiger partial charge < -0.3 is 18.9 Å². The summed E-state index contributed by atoms with van der Waals surface area (Å²) in [5.74, 6) is 2.76. The molecule has 0 radical (unpaired) electrons. The van der Waals surface area contributed by atoms with Gasteiger partial charge in [0.25, 0.3) is 5.91 Å². The van der Waals surface area contributed by atoms with Crippen LogP contribution in [-0.2, 0) is 19.6 Å². The molecule has 0 unspecified atom stereocenters. The van der Waals surface area contributed by atoms with Gasteiger partial charge >= 0.3 is 0 Å². The van der Waals surface area contributed by atoms with E-state index in [0.717, 1.165) is 48.8 Å². The van der Waals surface area contributed by atoms with E-state index in [1.165, 1.54) is 31.1 Å². The molecule has 2 heterocycles. The zero-order valence-corrected chi connectivity index (χ0v) is 27.4. The number of amides is 1. The molecule has 0 saturated carbocycles. The number of imidazole rings is 1. The Labute approximate surface area is 266 Å². The number of hydrogen-bond donors (Lipinski definition) is 0. The third-order valence-electron chi connectivity index (χ3n) is 8.76. The molecule has 0 atom stereocenters. The summed E-state index contributed by atoms with van der Waals surface area (Å²) in [7, 11) is 3.08. The van der Waals surface area contributed by atoms with Crippen molar-refractivity contribution in [3.05, 3.63) is 88.2 Å². The number of aromatic nitrogens is 2. The normalized spacial score (nSPS) is 14.3. The number of fused-ring (bicyclic) bond motifs is 1. The van der Waals surface area contributed by atoms with Gasteiger partial charge in [-0.1, -0.05) is 68.8 Å². The summed E-state index contributed by atoms with van der Waals surface area (Å²) in [4.78, 5) is 23.6. The predicted molar refractivity (Wildman–Crippen MR) is 178 cm³/mol. The average molecular weight is 617 g/mol. The van der Waals surface area contributed by atoms with Crippen LogP contribution in [0.15, 0.2) is 60.7 Å². The maximum absolute atomic E-state index is 14.1. The Hall–Kier alpha value is -3.55. The number of benzene rings is 3. The van der Waals surface area contributed by atoms with Crippen molar-refractivity contribution in [2.24, 2.45) is 11.8 Å². The maximum Gasteiger partial charge on any atom is 0.255 e. The van der Waals surface area contributed by atoms with Crippen LogP contribution >= 0.6 is 11.6 Å². The Morgan fingerprint density at radius 1 is 0.977 bits per heavy atom. The molecule has 4 aromatic rings. The minimum absolute atomic E-state index is 0.157. The molecular weight excluding hydrogens is 572 g/mol. The van der Waals surface area contributed by atoms with Gasteiger partial charge in [0.05, 0.1) is 42.4 Å². The van der Waals surface area contributed by atoms with Crippen molar-refractivity contribution in [3.8, 4) is 11.5 Å². The summed E-state index contributed by atoms with van der Waals surface area (Å²) < 4.78 is 13.2. The second-order valence-corrected chi connectivity index (χ2v) is 12.8. The molecule has 1 aliphatic heterocycles. The van der Waals surface area contributed by atoms with Crippen LogP contribution in [0.3, 0.4) is 0 Å². The highest BCUT2D eigenvalue weighted by molar-refractivity contribution is 6.35. The van der Waals surface area contributed by atoms with E-state index in [-0.39, 0.29) is 10.9 Å². The first-order chi connectivity index (χ1) is 21.3. The van der Waals surface area contributed by atoms with Crippen molar-refractivity contribution >= 4 is 28.5 Å². The molecule has 1 fully saturated rings. The molecule has 1 saturated heterocycles. The van der Waals surface area contributed by atoms with E-state index in [1.54, 1.807) is 19.2 Å². The first-order valence-electron chi connectivity index (χ1n) is 15.7. The number of carbonyl (C=O) groups excluding carboxylic acids is 1. The zero-order valence-electron chi connectivity index (χ0n) is 26.7. The number of carbonyl (C=O) groups is 1. The van der Waals surface area contributed by atoms with E-state index in [2.05, 4.69) is 66.6 Å². The second kappa shape index (κ2) is 14.5. The highest BCUT2D eigenvalue weighted by atomic mass is 35.5. The summed E-state index contributed by atoms with van der Waals surface area (Å²) >= 11 is 6.73. The van der Waals surface area contributed by atoms with Crippen LogP contribution in [0.4, 0.5) is 0 Å². The van der Waals surface area contributed by atoms with E-state index < -0.39 is 0 Å². The summed E-state index contributed by atoms with van der Waals surface area (Å²) in [6.07, 6.45) is 3.36. The number of piperidine rings is 1. The van der Waals surface area contributed by atoms with Gasteiger partial charge in [0.2, 0.25) is 0 Å². The molecule has 5 rings (SSSR count). The lowest BCUT2D eigenvalue weighted by molar-refractivity contribution is 0.0729. The Morgan fingerprint density at radius 3 is 2.34 bits per heavy atom. The van der Waals surface area contributed by atoms with Crippen molar-refractivity contribution in [3.63, 3.8) is 0 Å². The molecule has 7 nitrogen and oxygen atoms in total. The lowest BCUT2D eigenvalue weighted by Gasteiger charge is -2.31. The molecule has 0 bridgehead atoms. The van der Waals surface area contributed by atoms with E-state index >= 15 is 0 Å². The first-order valence-corrected chi connectivity index (χ1v) is 16.1. The Balaban J connectivity index is 1.49. The predicted octanol–water partition coefficient (Wildman–Crippen LogP) is 7.68. The molecule has 1 amide bonds. The fraction of sp³-hybridized carbons (Fsp3) is 0.444. The first kappa shape index (κ1) is 31.9. The number of hydrogen-bond acceptors (Lipinski definition) is 5. The molecule has 8 heteroatoms. The molecule has 1 aliphatic rings. The van der Waals surface area contributed by atoms with Gasteiger partial charge in [-0.25, -0.2) is 4.98 Å². The largest absolute Gasteiger partial charge is 0.493 e. The number of nitrogens with zero attached hydrogens (tertiary/aromatic N) is 4. The van der Waals surface area contributed by atoms with E-state index in [1.807, 2.05) is 17.0 Å². The minimum atomic E-state index is -0.157. The van der Waals surface area contributed by atoms with Gasteiger partial charge in [-0.2, -0.15) is 0 Å². The van der Waals surface area contributed by atoms with Crippen LogP contribution in [0.5, 0.6) is 11.5 Å². The quantitative estimate of drug-likeness (QED) is 0.163. The summed E-state index contributed by atoms with van der Waals surface area (Å²) in [5.41, 5.74) is 4.99. The number of likely N-dealkylation sites (tertiary alicyclic amines) is 1. The van der Waals surface area contributed by atoms with Gasteiger partial charge in [-0.05, 0) is 79.6 Å². The van der Waals surface area contributed by atoms with Crippen molar-refractivity contribution in [1.82, 2.24) is 19.4 Å². The Bertz CT molecular complexity index is 1580. The molecule has 1 aromatic heterocycles. The van der Waals surface area contributed by atoms with Crippen molar-refractivity contribution in [2.75, 3.05) is 33.9 Å². The van der Waals surface area contributed by atoms with Crippen LogP contribution in [0, 0.1) is 11.8 Å². The van der Waals surface area contributed by atoms with Crippen molar-refractivity contribution < 1.29 is 14.3 Å². The molecule has 0 N–H and O–H groups in total. The van der Waals surface area contributed by atoms with Crippen LogP contribution in [0.1, 0.15) is 67.3 Å². The zero-order chi connectivity index (χ0) is 31.2. The average Bonchev–Trinajstić information content (AvgIpc) is 3.37. The molecular formula is C36H45ClN4O3. The number of halogens is 1. The standard InChI is InChI=1S/C36H45ClN4O3/c1-25(2)16-21-40(36(42)29-14-15-32(43-4)35(44-5)34(29)37)24-33-38-30-12-8-9-13-31(30)41(33)23-28-11-7-6-10-27(28)22-39-19-17-26(3)18-20-39/h6-15,25-26H,16-24H2,1-5H3. The fourth-order valence-corrected chi connectivity index (χ4v) is 6.30. The summed E-state index contributed by atoms with van der Waals surface area (Å²) in [6.45, 7) is 11.5. The molecule has 0 spiro atoms. The summed E-state index contributed by atoms with van der Waals surface area (Å²) in [5, 5.41) is 0.251. The van der Waals surface area contributed by atoms with Gasteiger partial charge in [-0.3, -0.25) is 9.69 Å². The molecule has 44 heavy (non-hydrogen) atoms. The van der Waals surface area contributed by atoms with E-state index in [0.29, 0.717) is 42.6 Å². The third-order valence-corrected chi connectivity index (χ3v) is 9.14. The molecule has 234 valence electrons. The monoisotopic (exact) mass is 616 g/mol. The van der Waals surface area contributed by atoms with Gasteiger partial charge in [0.1, 0.15) is 5.82 Å².